The van der Waals surface area contributed by atoms with Crippen molar-refractivity contribution in [2.45, 2.75) is 11.7 Å². The SMILES string of the molecule is O=C(O)CSc1nc2cnccc2n1Cc1nccs1. The Morgan fingerprint density at radius 3 is 3.10 bits per heavy atom. The lowest BCUT2D eigenvalue weighted by Crippen LogP contribution is -2.04. The smallest absolute Gasteiger partial charge is 0.313 e. The van der Waals surface area contributed by atoms with E-state index >= 15 is 0 Å². The van der Waals surface area contributed by atoms with E-state index in [4.69, 9.17) is 5.11 Å². The summed E-state index contributed by atoms with van der Waals surface area (Å²) < 4.78 is 1.98. The van der Waals surface area contributed by atoms with E-state index in [0.717, 1.165) is 16.0 Å². The van der Waals surface area contributed by atoms with Crippen LogP contribution in [0.3, 0.4) is 0 Å². The average molecular weight is 306 g/mol. The van der Waals surface area contributed by atoms with E-state index in [-0.39, 0.29) is 5.75 Å². The molecule has 1 N–H and O–H groups in total. The van der Waals surface area contributed by atoms with Crippen LogP contribution >= 0.6 is 23.1 Å². The predicted molar refractivity (Wildman–Crippen MR) is 77.1 cm³/mol. The number of aliphatic carboxylic acids is 1. The number of carboxylic acids is 1. The molecule has 0 aliphatic heterocycles. The Balaban J connectivity index is 2.01. The highest BCUT2D eigenvalue weighted by molar-refractivity contribution is 7.99. The number of carboxylic acid groups (broad SMARTS) is 1. The van der Waals surface area contributed by atoms with Gasteiger partial charge >= 0.3 is 5.97 Å². The number of pyridine rings is 1. The highest BCUT2D eigenvalue weighted by atomic mass is 32.2. The molecule has 8 heteroatoms. The van der Waals surface area contributed by atoms with E-state index in [9.17, 15) is 4.79 Å². The van der Waals surface area contributed by atoms with Crippen LogP contribution in [0, 0.1) is 0 Å². The molecule has 3 aromatic rings. The van der Waals surface area contributed by atoms with Gasteiger partial charge in [0, 0.05) is 17.8 Å². The second kappa shape index (κ2) is 5.59. The number of thiazole rings is 1. The first-order chi connectivity index (χ1) is 9.74. The van der Waals surface area contributed by atoms with Crippen molar-refractivity contribution in [1.82, 2.24) is 19.5 Å². The van der Waals surface area contributed by atoms with Crippen LogP contribution in [0.15, 0.2) is 35.2 Å². The molecule has 0 aliphatic rings. The number of rotatable bonds is 5. The van der Waals surface area contributed by atoms with Gasteiger partial charge in [-0.3, -0.25) is 9.78 Å². The molecule has 3 aromatic heterocycles. The van der Waals surface area contributed by atoms with Crippen molar-refractivity contribution in [2.24, 2.45) is 0 Å². The molecule has 0 unspecified atom stereocenters. The third-order valence-corrected chi connectivity index (χ3v) is 4.34. The van der Waals surface area contributed by atoms with Crippen LogP contribution in [0.2, 0.25) is 0 Å². The molecule has 0 bridgehead atoms. The number of nitrogens with zero attached hydrogens (tertiary/aromatic N) is 4. The minimum atomic E-state index is -0.860. The highest BCUT2D eigenvalue weighted by Gasteiger charge is 2.13. The van der Waals surface area contributed by atoms with Crippen LogP contribution < -0.4 is 0 Å². The molecule has 0 saturated carbocycles. The summed E-state index contributed by atoms with van der Waals surface area (Å²) >= 11 is 2.77. The van der Waals surface area contributed by atoms with Gasteiger partial charge in [-0.25, -0.2) is 9.97 Å². The molecule has 3 heterocycles. The molecule has 20 heavy (non-hydrogen) atoms. The van der Waals surface area contributed by atoms with E-state index in [1.165, 1.54) is 11.8 Å². The van der Waals surface area contributed by atoms with Crippen LogP contribution in [0.25, 0.3) is 11.0 Å². The van der Waals surface area contributed by atoms with Gasteiger partial charge in [-0.2, -0.15) is 0 Å². The van der Waals surface area contributed by atoms with Crippen molar-refractivity contribution >= 4 is 40.1 Å². The third kappa shape index (κ3) is 2.66. The standard InChI is InChI=1S/C12H10N4O2S2/c17-11(18)7-20-12-15-8-5-13-2-1-9(8)16(12)6-10-14-3-4-19-10/h1-5H,6-7H2,(H,17,18). The van der Waals surface area contributed by atoms with E-state index in [2.05, 4.69) is 15.0 Å². The number of aromatic nitrogens is 4. The zero-order valence-corrected chi connectivity index (χ0v) is 11.9. The van der Waals surface area contributed by atoms with Crippen LogP contribution in [0.4, 0.5) is 0 Å². The second-order valence-corrected chi connectivity index (χ2v) is 5.87. The number of thioether (sulfide) groups is 1. The normalized spacial score (nSPS) is 11.0. The molecule has 3 rings (SSSR count). The number of carbonyl (C=O) groups is 1. The summed E-state index contributed by atoms with van der Waals surface area (Å²) in [7, 11) is 0. The maximum atomic E-state index is 10.7. The lowest BCUT2D eigenvalue weighted by Gasteiger charge is -2.05. The van der Waals surface area contributed by atoms with Crippen molar-refractivity contribution in [2.75, 3.05) is 5.75 Å². The summed E-state index contributed by atoms with van der Waals surface area (Å²) in [6.45, 7) is 0.583. The Kier molecular flexibility index (Phi) is 3.66. The van der Waals surface area contributed by atoms with Gasteiger partial charge in [0.25, 0.3) is 0 Å². The number of fused-ring (bicyclic) bond motifs is 1. The Morgan fingerprint density at radius 1 is 1.45 bits per heavy atom. The van der Waals surface area contributed by atoms with Crippen molar-refractivity contribution in [3.05, 3.63) is 35.0 Å². The Hall–Kier alpha value is -1.93. The quantitative estimate of drug-likeness (QED) is 0.727. The van der Waals surface area contributed by atoms with Gasteiger partial charge in [0.15, 0.2) is 5.16 Å². The lowest BCUT2D eigenvalue weighted by molar-refractivity contribution is -0.133. The largest absolute Gasteiger partial charge is 0.481 e. The van der Waals surface area contributed by atoms with Crippen molar-refractivity contribution in [3.63, 3.8) is 0 Å². The van der Waals surface area contributed by atoms with Crippen molar-refractivity contribution < 1.29 is 9.90 Å². The zero-order chi connectivity index (χ0) is 13.9. The molecule has 0 aromatic carbocycles. The average Bonchev–Trinajstić information content (AvgIpc) is 3.05. The van der Waals surface area contributed by atoms with Crippen LogP contribution in [-0.4, -0.2) is 36.3 Å². The first-order valence-electron chi connectivity index (χ1n) is 5.77. The summed E-state index contributed by atoms with van der Waals surface area (Å²) in [6, 6.07) is 1.88. The minimum Gasteiger partial charge on any atom is -0.481 e. The zero-order valence-electron chi connectivity index (χ0n) is 10.3. The molecule has 0 aliphatic carbocycles. The molecule has 0 amide bonds. The van der Waals surface area contributed by atoms with Gasteiger partial charge in [-0.05, 0) is 6.07 Å². The third-order valence-electron chi connectivity index (χ3n) is 2.62. The highest BCUT2D eigenvalue weighted by Crippen LogP contribution is 2.25. The van der Waals surface area contributed by atoms with E-state index in [1.54, 1.807) is 29.9 Å². The summed E-state index contributed by atoms with van der Waals surface area (Å²) in [5.41, 5.74) is 1.69. The number of hydrogen-bond donors (Lipinski definition) is 1. The summed E-state index contributed by atoms with van der Waals surface area (Å²) in [5.74, 6) is -0.879. The molecular weight excluding hydrogens is 296 g/mol. The predicted octanol–water partition coefficient (Wildman–Crippen LogP) is 2.11. The molecular formula is C12H10N4O2S2. The van der Waals surface area contributed by atoms with Crippen LogP contribution in [-0.2, 0) is 11.3 Å². The Bertz CT molecular complexity index is 739. The van der Waals surface area contributed by atoms with Gasteiger partial charge in [0.05, 0.1) is 24.0 Å². The van der Waals surface area contributed by atoms with Crippen molar-refractivity contribution in [3.8, 4) is 0 Å². The summed E-state index contributed by atoms with van der Waals surface area (Å²) in [4.78, 5) is 23.5. The Morgan fingerprint density at radius 2 is 2.35 bits per heavy atom. The fourth-order valence-electron chi connectivity index (χ4n) is 1.82. The van der Waals surface area contributed by atoms with Crippen LogP contribution in [0.5, 0.6) is 0 Å². The van der Waals surface area contributed by atoms with Crippen molar-refractivity contribution in [1.29, 1.82) is 0 Å². The molecule has 0 radical (unpaired) electrons. The van der Waals surface area contributed by atoms with Crippen LogP contribution in [0.1, 0.15) is 5.01 Å². The maximum absolute atomic E-state index is 10.7. The van der Waals surface area contributed by atoms with Gasteiger partial charge in [-0.1, -0.05) is 11.8 Å². The molecule has 0 spiro atoms. The first kappa shape index (κ1) is 13.1. The molecule has 0 fully saturated rings. The second-order valence-electron chi connectivity index (χ2n) is 3.95. The van der Waals surface area contributed by atoms with E-state index in [1.807, 2.05) is 16.0 Å². The molecule has 0 atom stereocenters. The lowest BCUT2D eigenvalue weighted by atomic mass is 10.4. The fourth-order valence-corrected chi connectivity index (χ4v) is 3.15. The molecule has 102 valence electrons. The van der Waals surface area contributed by atoms with Gasteiger partial charge < -0.3 is 9.67 Å². The first-order valence-corrected chi connectivity index (χ1v) is 7.64. The minimum absolute atomic E-state index is 0.0192. The van der Waals surface area contributed by atoms with Gasteiger partial charge in [0.1, 0.15) is 10.5 Å². The summed E-state index contributed by atoms with van der Waals surface area (Å²) in [5, 5.41) is 12.4. The topological polar surface area (TPSA) is 80.9 Å². The number of imidazole rings is 1. The fraction of sp³-hybridized carbons (Fsp3) is 0.167. The summed E-state index contributed by atoms with van der Waals surface area (Å²) in [6.07, 6.45) is 5.14. The Labute approximate surface area is 122 Å². The van der Waals surface area contributed by atoms with E-state index in [0.29, 0.717) is 11.7 Å². The van der Waals surface area contributed by atoms with Gasteiger partial charge in [-0.15, -0.1) is 11.3 Å². The molecule has 0 saturated heterocycles. The number of hydrogen-bond acceptors (Lipinski definition) is 6. The van der Waals surface area contributed by atoms with E-state index < -0.39 is 5.97 Å². The molecule has 6 nitrogen and oxygen atoms in total. The monoisotopic (exact) mass is 306 g/mol. The maximum Gasteiger partial charge on any atom is 0.313 e. The van der Waals surface area contributed by atoms with Gasteiger partial charge in [0.2, 0.25) is 0 Å².